The molecule has 0 aliphatic rings. The molecule has 0 fully saturated rings. The van der Waals surface area contributed by atoms with E-state index < -0.39 is 36.5 Å². The van der Waals surface area contributed by atoms with Gasteiger partial charge in [-0.3, -0.25) is 4.79 Å². The minimum absolute atomic E-state index is 0.296. The van der Waals surface area contributed by atoms with Crippen LogP contribution in [0, 0.1) is 5.82 Å². The molecule has 0 bridgehead atoms. The average Bonchev–Trinajstić information content (AvgIpc) is 2.90. The molecule has 130 valence electrons. The van der Waals surface area contributed by atoms with Crippen molar-refractivity contribution in [2.75, 3.05) is 6.54 Å². The van der Waals surface area contributed by atoms with Crippen LogP contribution in [0.3, 0.4) is 0 Å². The smallest absolute Gasteiger partial charge is 0.379 e. The van der Waals surface area contributed by atoms with Crippen molar-refractivity contribution in [3.63, 3.8) is 0 Å². The summed E-state index contributed by atoms with van der Waals surface area (Å²) in [6.45, 7) is -1.11. The summed E-state index contributed by atoms with van der Waals surface area (Å²) in [5, 5.41) is 13.6. The Morgan fingerprint density at radius 1 is 1.25 bits per heavy atom. The summed E-state index contributed by atoms with van der Waals surface area (Å²) < 4.78 is 52.9. The van der Waals surface area contributed by atoms with Gasteiger partial charge in [0.05, 0.1) is 16.9 Å². The molecule has 1 aromatic heterocycles. The maximum Gasteiger partial charge on any atom is 0.418 e. The van der Waals surface area contributed by atoms with Crippen LogP contribution in [0.15, 0.2) is 30.5 Å². The summed E-state index contributed by atoms with van der Waals surface area (Å²) in [6.07, 6.45) is -4.95. The molecule has 1 aromatic carbocycles. The van der Waals surface area contributed by atoms with Crippen LogP contribution in [-0.4, -0.2) is 39.1 Å². The molecule has 1 amide bonds. The summed E-state index contributed by atoms with van der Waals surface area (Å²) >= 11 is 0. The topological polar surface area (TPSA) is 107 Å². The van der Waals surface area contributed by atoms with Crippen LogP contribution in [0.5, 0.6) is 0 Å². The van der Waals surface area contributed by atoms with Crippen molar-refractivity contribution in [1.29, 1.82) is 0 Å². The number of benzene rings is 1. The van der Waals surface area contributed by atoms with Crippen molar-refractivity contribution in [3.8, 4) is 5.69 Å². The number of alkyl halides is 3. The maximum absolute atomic E-state index is 13.0. The third kappa shape index (κ3) is 3.39. The summed E-state index contributed by atoms with van der Waals surface area (Å²) in [6, 6.07) is 4.87. The molecule has 1 unspecified atom stereocenters. The Kier molecular flexibility index (Phi) is 4.63. The van der Waals surface area contributed by atoms with Gasteiger partial charge < -0.3 is 16.6 Å². The fourth-order valence-corrected chi connectivity index (χ4v) is 2.04. The molecule has 6 nitrogen and oxygen atoms in total. The van der Waals surface area contributed by atoms with Gasteiger partial charge >= 0.3 is 6.18 Å². The lowest BCUT2D eigenvalue weighted by Gasteiger charge is -2.28. The first-order valence-electron chi connectivity index (χ1n) is 6.71. The van der Waals surface area contributed by atoms with Crippen molar-refractivity contribution in [3.05, 3.63) is 47.5 Å². The summed E-state index contributed by atoms with van der Waals surface area (Å²) in [4.78, 5) is 11.5. The molecule has 0 radical (unpaired) electrons. The lowest BCUT2D eigenvalue weighted by atomic mass is 9.95. The first kappa shape index (κ1) is 17.9. The second kappa shape index (κ2) is 6.21. The van der Waals surface area contributed by atoms with Crippen LogP contribution in [-0.2, 0) is 6.42 Å². The molecule has 1 heterocycles. The predicted molar refractivity (Wildman–Crippen MR) is 75.8 cm³/mol. The zero-order chi connectivity index (χ0) is 18.1. The number of halogens is 4. The molecule has 2 aromatic rings. The van der Waals surface area contributed by atoms with E-state index in [0.29, 0.717) is 5.69 Å². The van der Waals surface area contributed by atoms with E-state index in [2.05, 4.69) is 5.10 Å². The Bertz CT molecular complexity index is 742. The van der Waals surface area contributed by atoms with E-state index in [9.17, 15) is 27.5 Å². The zero-order valence-electron chi connectivity index (χ0n) is 12.2. The number of rotatable bonds is 5. The fourth-order valence-electron chi connectivity index (χ4n) is 2.04. The molecular weight excluding hydrogens is 332 g/mol. The SMILES string of the molecule is NCC(O)(Cc1nn(-c2ccc(F)cc2)cc1C(N)=O)C(F)(F)F. The number of hydrogen-bond donors (Lipinski definition) is 3. The van der Waals surface area contributed by atoms with Crippen molar-refractivity contribution in [2.24, 2.45) is 11.5 Å². The van der Waals surface area contributed by atoms with Gasteiger partial charge in [-0.05, 0) is 24.3 Å². The highest BCUT2D eigenvalue weighted by molar-refractivity contribution is 5.93. The van der Waals surface area contributed by atoms with E-state index in [4.69, 9.17) is 11.5 Å². The van der Waals surface area contributed by atoms with Gasteiger partial charge in [-0.1, -0.05) is 0 Å². The monoisotopic (exact) mass is 346 g/mol. The summed E-state index contributed by atoms with van der Waals surface area (Å²) in [5.74, 6) is -1.53. The van der Waals surface area contributed by atoms with Crippen molar-refractivity contribution >= 4 is 5.91 Å². The minimum Gasteiger partial charge on any atom is -0.379 e. The molecular formula is C14H14F4N4O2. The molecule has 0 spiro atoms. The van der Waals surface area contributed by atoms with E-state index in [1.54, 1.807) is 0 Å². The summed E-state index contributed by atoms with van der Waals surface area (Å²) in [7, 11) is 0. The molecule has 0 saturated carbocycles. The number of aliphatic hydroxyl groups is 1. The van der Waals surface area contributed by atoms with Crippen molar-refractivity contribution < 1.29 is 27.5 Å². The van der Waals surface area contributed by atoms with Gasteiger partial charge in [0.25, 0.3) is 5.91 Å². The number of hydrogen-bond acceptors (Lipinski definition) is 4. The molecule has 0 aliphatic heterocycles. The third-order valence-electron chi connectivity index (χ3n) is 3.47. The molecule has 5 N–H and O–H groups in total. The second-order valence-corrected chi connectivity index (χ2v) is 5.18. The Labute approximate surface area is 133 Å². The van der Waals surface area contributed by atoms with Crippen LogP contribution < -0.4 is 11.5 Å². The van der Waals surface area contributed by atoms with Gasteiger partial charge in [0.1, 0.15) is 5.82 Å². The minimum atomic E-state index is -5.02. The Morgan fingerprint density at radius 3 is 2.29 bits per heavy atom. The van der Waals surface area contributed by atoms with Gasteiger partial charge in [0.15, 0.2) is 5.60 Å². The Hall–Kier alpha value is -2.46. The van der Waals surface area contributed by atoms with Crippen LogP contribution in [0.1, 0.15) is 16.1 Å². The number of aromatic nitrogens is 2. The van der Waals surface area contributed by atoms with Crippen LogP contribution in [0.25, 0.3) is 5.69 Å². The molecule has 10 heteroatoms. The number of nitrogens with two attached hydrogens (primary N) is 2. The van der Waals surface area contributed by atoms with Gasteiger partial charge in [-0.15, -0.1) is 0 Å². The first-order chi connectivity index (χ1) is 11.1. The summed E-state index contributed by atoms with van der Waals surface area (Å²) in [5.41, 5.74) is 6.58. The lowest BCUT2D eigenvalue weighted by Crippen LogP contribution is -2.53. The maximum atomic E-state index is 13.0. The number of carbonyl (C=O) groups excluding carboxylic acids is 1. The third-order valence-corrected chi connectivity index (χ3v) is 3.47. The van der Waals surface area contributed by atoms with Gasteiger partial charge in [0, 0.05) is 19.2 Å². The first-order valence-corrected chi connectivity index (χ1v) is 6.71. The Morgan fingerprint density at radius 2 is 1.83 bits per heavy atom. The fraction of sp³-hybridized carbons (Fsp3) is 0.286. The van der Waals surface area contributed by atoms with Crippen LogP contribution in [0.4, 0.5) is 17.6 Å². The van der Waals surface area contributed by atoms with Crippen LogP contribution >= 0.6 is 0 Å². The lowest BCUT2D eigenvalue weighted by molar-refractivity contribution is -0.255. The number of carbonyl (C=O) groups is 1. The molecule has 24 heavy (non-hydrogen) atoms. The average molecular weight is 346 g/mol. The zero-order valence-corrected chi connectivity index (χ0v) is 12.2. The van der Waals surface area contributed by atoms with Gasteiger partial charge in [-0.25, -0.2) is 9.07 Å². The van der Waals surface area contributed by atoms with E-state index in [0.717, 1.165) is 23.0 Å². The van der Waals surface area contributed by atoms with Crippen molar-refractivity contribution in [2.45, 2.75) is 18.2 Å². The number of primary amides is 1. The van der Waals surface area contributed by atoms with E-state index >= 15 is 0 Å². The molecule has 0 saturated heterocycles. The highest BCUT2D eigenvalue weighted by Crippen LogP contribution is 2.33. The predicted octanol–water partition coefficient (Wildman–Crippen LogP) is 0.905. The number of amides is 1. The molecule has 2 rings (SSSR count). The van der Waals surface area contributed by atoms with Gasteiger partial charge in [-0.2, -0.15) is 18.3 Å². The standard InChI is InChI=1S/C14H14F4N4O2/c15-8-1-3-9(4-2-8)22-6-10(12(20)23)11(21-22)5-13(24,7-19)14(16,17)18/h1-4,6,24H,5,7,19H2,(H2,20,23). The largest absolute Gasteiger partial charge is 0.418 e. The molecule has 1 atom stereocenters. The molecule has 0 aliphatic carbocycles. The van der Waals surface area contributed by atoms with Crippen LogP contribution in [0.2, 0.25) is 0 Å². The van der Waals surface area contributed by atoms with Gasteiger partial charge in [0.2, 0.25) is 0 Å². The Balaban J connectivity index is 2.46. The highest BCUT2D eigenvalue weighted by Gasteiger charge is 2.53. The van der Waals surface area contributed by atoms with E-state index in [-0.39, 0.29) is 11.3 Å². The normalized spacial score (nSPS) is 14.4. The second-order valence-electron chi connectivity index (χ2n) is 5.18. The number of nitrogens with zero attached hydrogens (tertiary/aromatic N) is 2. The van der Waals surface area contributed by atoms with E-state index in [1.807, 2.05) is 0 Å². The quantitative estimate of drug-likeness (QED) is 0.699. The van der Waals surface area contributed by atoms with Crippen molar-refractivity contribution in [1.82, 2.24) is 9.78 Å². The highest BCUT2D eigenvalue weighted by atomic mass is 19.4. The van der Waals surface area contributed by atoms with E-state index in [1.165, 1.54) is 12.1 Å².